The number of hydrogen-bond acceptors (Lipinski definition) is 3. The minimum Gasteiger partial charge on any atom is -0.377 e. The van der Waals surface area contributed by atoms with Crippen molar-refractivity contribution in [2.24, 2.45) is 5.73 Å². The van der Waals surface area contributed by atoms with Crippen LogP contribution in [0.5, 0.6) is 0 Å². The van der Waals surface area contributed by atoms with Gasteiger partial charge in [-0.25, -0.2) is 0 Å². The Morgan fingerprint density at radius 1 is 1.28 bits per heavy atom. The molecule has 0 heterocycles. The van der Waals surface area contributed by atoms with Gasteiger partial charge in [0.1, 0.15) is 0 Å². The molecule has 0 saturated heterocycles. The summed E-state index contributed by atoms with van der Waals surface area (Å²) in [4.78, 5) is 11.6. The molecule has 0 spiro atoms. The van der Waals surface area contributed by atoms with Gasteiger partial charge in [-0.3, -0.25) is 4.79 Å². The van der Waals surface area contributed by atoms with E-state index in [1.807, 2.05) is 38.1 Å². The molecule has 1 amide bonds. The smallest absolute Gasteiger partial charge is 0.224 e. The molecule has 0 aliphatic heterocycles. The summed E-state index contributed by atoms with van der Waals surface area (Å²) in [6.45, 7) is 5.58. The Morgan fingerprint density at radius 2 is 1.89 bits per heavy atom. The van der Waals surface area contributed by atoms with Gasteiger partial charge in [0, 0.05) is 13.1 Å². The number of nitrogens with two attached hydrogens (primary N) is 1. The fourth-order valence-corrected chi connectivity index (χ4v) is 1.53. The van der Waals surface area contributed by atoms with Crippen molar-refractivity contribution in [2.45, 2.75) is 32.9 Å². The van der Waals surface area contributed by atoms with E-state index in [-0.39, 0.29) is 12.0 Å². The van der Waals surface area contributed by atoms with Crippen molar-refractivity contribution >= 4 is 5.91 Å². The van der Waals surface area contributed by atoms with E-state index in [9.17, 15) is 4.79 Å². The lowest BCUT2D eigenvalue weighted by atomic mass is 10.1. The second-order valence-electron chi connectivity index (χ2n) is 4.47. The number of rotatable bonds is 7. The Balaban J connectivity index is 2.26. The molecule has 0 bridgehead atoms. The van der Waals surface area contributed by atoms with Crippen LogP contribution in [0.1, 0.15) is 25.0 Å². The van der Waals surface area contributed by atoms with Gasteiger partial charge in [-0.1, -0.05) is 24.3 Å². The number of carbonyl (C=O) groups is 1. The zero-order valence-corrected chi connectivity index (χ0v) is 11.1. The zero-order valence-electron chi connectivity index (χ0n) is 11.1. The van der Waals surface area contributed by atoms with Crippen molar-refractivity contribution in [3.8, 4) is 0 Å². The Kier molecular flexibility index (Phi) is 6.39. The van der Waals surface area contributed by atoms with Crippen molar-refractivity contribution in [3.63, 3.8) is 0 Å². The molecule has 0 aliphatic rings. The average molecular weight is 250 g/mol. The molecule has 100 valence electrons. The number of hydrogen-bond donors (Lipinski definition) is 2. The predicted molar refractivity (Wildman–Crippen MR) is 72.1 cm³/mol. The maximum absolute atomic E-state index is 11.6. The first kappa shape index (κ1) is 14.7. The molecule has 1 aromatic rings. The number of nitrogens with one attached hydrogen (secondary N) is 1. The average Bonchev–Trinajstić information content (AvgIpc) is 2.35. The number of carbonyl (C=O) groups excluding carboxylic acids is 1. The van der Waals surface area contributed by atoms with Crippen LogP contribution in [0.2, 0.25) is 0 Å². The van der Waals surface area contributed by atoms with E-state index in [1.165, 1.54) is 0 Å². The maximum atomic E-state index is 11.6. The second-order valence-corrected chi connectivity index (χ2v) is 4.47. The predicted octanol–water partition coefficient (Wildman–Crippen LogP) is 1.23. The summed E-state index contributed by atoms with van der Waals surface area (Å²) in [6, 6.07) is 7.77. The molecule has 4 heteroatoms. The molecule has 0 aliphatic carbocycles. The summed E-state index contributed by atoms with van der Waals surface area (Å²) in [5.41, 5.74) is 7.58. The van der Waals surface area contributed by atoms with Crippen LogP contribution in [0.15, 0.2) is 24.3 Å². The molecule has 18 heavy (non-hydrogen) atoms. The first-order chi connectivity index (χ1) is 8.61. The number of benzene rings is 1. The Morgan fingerprint density at radius 3 is 2.44 bits per heavy atom. The molecule has 0 saturated carbocycles. The Labute approximate surface area is 109 Å². The normalized spacial score (nSPS) is 10.7. The Bertz CT molecular complexity index is 361. The fourth-order valence-electron chi connectivity index (χ4n) is 1.53. The molecule has 0 radical (unpaired) electrons. The van der Waals surface area contributed by atoms with Crippen LogP contribution in [0.25, 0.3) is 0 Å². The topological polar surface area (TPSA) is 64.3 Å². The number of ether oxygens (including phenoxy) is 1. The fraction of sp³-hybridized carbons (Fsp3) is 0.500. The summed E-state index contributed by atoms with van der Waals surface area (Å²) in [7, 11) is 0. The number of amides is 1. The highest BCUT2D eigenvalue weighted by atomic mass is 16.5. The highest BCUT2D eigenvalue weighted by molar-refractivity contribution is 5.78. The van der Waals surface area contributed by atoms with Crippen LogP contribution in [0.4, 0.5) is 0 Å². The third-order valence-electron chi connectivity index (χ3n) is 2.50. The van der Waals surface area contributed by atoms with Gasteiger partial charge in [-0.2, -0.15) is 0 Å². The molecule has 0 aromatic heterocycles. The molecule has 0 fully saturated rings. The van der Waals surface area contributed by atoms with Gasteiger partial charge in [0.05, 0.1) is 19.1 Å². The summed E-state index contributed by atoms with van der Waals surface area (Å²) >= 11 is 0. The largest absolute Gasteiger partial charge is 0.377 e. The van der Waals surface area contributed by atoms with Gasteiger partial charge in [-0.15, -0.1) is 0 Å². The van der Waals surface area contributed by atoms with E-state index < -0.39 is 0 Å². The summed E-state index contributed by atoms with van der Waals surface area (Å²) < 4.78 is 5.34. The lowest BCUT2D eigenvalue weighted by molar-refractivity contribution is -0.120. The van der Waals surface area contributed by atoms with Crippen molar-refractivity contribution < 1.29 is 9.53 Å². The SMILES string of the molecule is CC(C)OCCNC(=O)Cc1ccc(CN)cc1. The van der Waals surface area contributed by atoms with Crippen molar-refractivity contribution in [3.05, 3.63) is 35.4 Å². The van der Waals surface area contributed by atoms with E-state index >= 15 is 0 Å². The monoisotopic (exact) mass is 250 g/mol. The van der Waals surface area contributed by atoms with E-state index in [4.69, 9.17) is 10.5 Å². The highest BCUT2D eigenvalue weighted by Crippen LogP contribution is 2.04. The standard InChI is InChI=1S/C14H22N2O2/c1-11(2)18-8-7-16-14(17)9-12-3-5-13(10-15)6-4-12/h3-6,11H,7-10,15H2,1-2H3,(H,16,17). The van der Waals surface area contributed by atoms with Crippen LogP contribution >= 0.6 is 0 Å². The lowest BCUT2D eigenvalue weighted by Gasteiger charge is -2.08. The van der Waals surface area contributed by atoms with E-state index in [0.717, 1.165) is 11.1 Å². The van der Waals surface area contributed by atoms with E-state index in [1.54, 1.807) is 0 Å². The van der Waals surface area contributed by atoms with Crippen LogP contribution in [0, 0.1) is 0 Å². The third kappa shape index (κ3) is 5.80. The van der Waals surface area contributed by atoms with Crippen LogP contribution in [-0.2, 0) is 22.5 Å². The van der Waals surface area contributed by atoms with E-state index in [2.05, 4.69) is 5.32 Å². The quantitative estimate of drug-likeness (QED) is 0.715. The van der Waals surface area contributed by atoms with Crippen LogP contribution in [0.3, 0.4) is 0 Å². The van der Waals surface area contributed by atoms with Gasteiger partial charge < -0.3 is 15.8 Å². The van der Waals surface area contributed by atoms with E-state index in [0.29, 0.717) is 26.1 Å². The third-order valence-corrected chi connectivity index (χ3v) is 2.50. The first-order valence-corrected chi connectivity index (χ1v) is 6.28. The molecular weight excluding hydrogens is 228 g/mol. The maximum Gasteiger partial charge on any atom is 0.224 e. The van der Waals surface area contributed by atoms with Gasteiger partial charge >= 0.3 is 0 Å². The van der Waals surface area contributed by atoms with Crippen molar-refractivity contribution in [1.29, 1.82) is 0 Å². The molecule has 0 atom stereocenters. The summed E-state index contributed by atoms with van der Waals surface area (Å²) in [6.07, 6.45) is 0.595. The van der Waals surface area contributed by atoms with Gasteiger partial charge in [-0.05, 0) is 25.0 Å². The summed E-state index contributed by atoms with van der Waals surface area (Å²) in [5, 5.41) is 2.83. The van der Waals surface area contributed by atoms with Crippen molar-refractivity contribution in [2.75, 3.05) is 13.2 Å². The van der Waals surface area contributed by atoms with Gasteiger partial charge in [0.25, 0.3) is 0 Å². The Hall–Kier alpha value is -1.39. The highest BCUT2D eigenvalue weighted by Gasteiger charge is 2.03. The van der Waals surface area contributed by atoms with Crippen LogP contribution in [-0.4, -0.2) is 25.2 Å². The molecule has 1 aromatic carbocycles. The molecule has 4 nitrogen and oxygen atoms in total. The molecule has 0 unspecified atom stereocenters. The minimum atomic E-state index is 0.0165. The van der Waals surface area contributed by atoms with Gasteiger partial charge in [0.15, 0.2) is 0 Å². The molecule has 1 rings (SSSR count). The minimum absolute atomic E-state index is 0.0165. The lowest BCUT2D eigenvalue weighted by Crippen LogP contribution is -2.29. The summed E-state index contributed by atoms with van der Waals surface area (Å²) in [5.74, 6) is 0.0165. The van der Waals surface area contributed by atoms with Crippen molar-refractivity contribution in [1.82, 2.24) is 5.32 Å². The van der Waals surface area contributed by atoms with Crippen LogP contribution < -0.4 is 11.1 Å². The molecule has 3 N–H and O–H groups in total. The zero-order chi connectivity index (χ0) is 13.4. The first-order valence-electron chi connectivity index (χ1n) is 6.28. The van der Waals surface area contributed by atoms with Gasteiger partial charge in [0.2, 0.25) is 5.91 Å². The second kappa shape index (κ2) is 7.84. The molecular formula is C14H22N2O2.